The Hall–Kier alpha value is -2.82. The van der Waals surface area contributed by atoms with Gasteiger partial charge < -0.3 is 49.7 Å². The largest absolute Gasteiger partial charge is 0.490 e. The second-order valence-electron chi connectivity index (χ2n) is 13.2. The van der Waals surface area contributed by atoms with E-state index in [2.05, 4.69) is 11.1 Å². The monoisotopic (exact) mass is 760 g/mol. The van der Waals surface area contributed by atoms with Crippen LogP contribution >= 0.6 is 23.4 Å². The molecule has 4 unspecified atom stereocenters. The van der Waals surface area contributed by atoms with Gasteiger partial charge in [0.05, 0.1) is 44.7 Å². The zero-order valence-corrected chi connectivity index (χ0v) is 30.6. The van der Waals surface area contributed by atoms with Crippen molar-refractivity contribution in [2.24, 2.45) is 0 Å². The highest BCUT2D eigenvalue weighted by Crippen LogP contribution is 2.53. The Morgan fingerprint density at radius 3 is 2.50 bits per heavy atom. The molecule has 3 aromatic rings. The first-order valence-electron chi connectivity index (χ1n) is 17.7. The predicted octanol–water partition coefficient (Wildman–Crippen LogP) is 3.29. The SMILES string of the molecule is O=C(C(O)C(O)C(O)C(O)CO)N(CCCCSc1ccc(Cl)c(COC2(c3cnccc3-c3ccccc3OC3CC3)CC2)c1)CCOCCO. The number of carbonyl (C=O) groups is 1. The van der Waals surface area contributed by atoms with Crippen LogP contribution in [0.5, 0.6) is 5.75 Å². The van der Waals surface area contributed by atoms with Crippen LogP contribution in [-0.2, 0) is 26.5 Å². The highest BCUT2D eigenvalue weighted by molar-refractivity contribution is 7.99. The van der Waals surface area contributed by atoms with E-state index < -0.39 is 42.5 Å². The van der Waals surface area contributed by atoms with Crippen molar-refractivity contribution in [1.82, 2.24) is 9.88 Å². The Morgan fingerprint density at radius 2 is 1.77 bits per heavy atom. The summed E-state index contributed by atoms with van der Waals surface area (Å²) in [5, 5.41) is 58.9. The van der Waals surface area contributed by atoms with Gasteiger partial charge in [-0.2, -0.15) is 0 Å². The summed E-state index contributed by atoms with van der Waals surface area (Å²) >= 11 is 8.27. The second-order valence-corrected chi connectivity index (χ2v) is 14.7. The van der Waals surface area contributed by atoms with Crippen molar-refractivity contribution < 1.29 is 49.6 Å². The van der Waals surface area contributed by atoms with Gasteiger partial charge in [-0.05, 0) is 85.7 Å². The minimum atomic E-state index is -2.02. The molecule has 2 aliphatic rings. The molecule has 2 aliphatic carbocycles. The smallest absolute Gasteiger partial charge is 0.254 e. The van der Waals surface area contributed by atoms with Crippen LogP contribution in [0, 0.1) is 0 Å². The number of hydrogen-bond acceptors (Lipinski definition) is 12. The van der Waals surface area contributed by atoms with Gasteiger partial charge in [0, 0.05) is 46.5 Å². The molecule has 1 aromatic heterocycles. The number of amides is 1. The van der Waals surface area contributed by atoms with E-state index in [1.807, 2.05) is 48.7 Å². The van der Waals surface area contributed by atoms with Crippen LogP contribution in [0.25, 0.3) is 11.1 Å². The fraction of sp³-hybridized carbons (Fsp3) is 0.526. The van der Waals surface area contributed by atoms with Crippen molar-refractivity contribution in [3.05, 3.63) is 77.1 Å². The average Bonchev–Trinajstić information content (AvgIpc) is 4.12. The Balaban J connectivity index is 1.15. The number of para-hydroxylation sites is 1. The number of halogens is 1. The Bertz CT molecular complexity index is 1590. The second kappa shape index (κ2) is 19.5. The Kier molecular flexibility index (Phi) is 15.1. The van der Waals surface area contributed by atoms with Crippen LogP contribution < -0.4 is 4.74 Å². The van der Waals surface area contributed by atoms with E-state index in [4.69, 9.17) is 36.0 Å². The number of pyridine rings is 1. The number of aliphatic hydroxyl groups is 6. The Labute approximate surface area is 313 Å². The fourth-order valence-corrected chi connectivity index (χ4v) is 6.99. The molecule has 2 aromatic carbocycles. The van der Waals surface area contributed by atoms with E-state index in [1.165, 1.54) is 4.90 Å². The molecule has 14 heteroatoms. The summed E-state index contributed by atoms with van der Waals surface area (Å²) in [5.41, 5.74) is 3.54. The van der Waals surface area contributed by atoms with Gasteiger partial charge in [0.15, 0.2) is 6.10 Å². The summed E-state index contributed by atoms with van der Waals surface area (Å²) in [5.74, 6) is 0.753. The van der Waals surface area contributed by atoms with E-state index in [1.54, 1.807) is 18.0 Å². The normalized spacial score (nSPS) is 17.3. The molecule has 0 aliphatic heterocycles. The minimum Gasteiger partial charge on any atom is -0.490 e. The molecular weight excluding hydrogens is 712 g/mol. The number of carbonyl (C=O) groups excluding carboxylic acids is 1. The molecule has 2 saturated carbocycles. The maximum absolute atomic E-state index is 13.0. The van der Waals surface area contributed by atoms with E-state index in [9.17, 15) is 25.2 Å². The number of aromatic nitrogens is 1. The van der Waals surface area contributed by atoms with Gasteiger partial charge in [0.25, 0.3) is 5.91 Å². The molecule has 52 heavy (non-hydrogen) atoms. The molecule has 5 rings (SSSR count). The van der Waals surface area contributed by atoms with Gasteiger partial charge in [-0.25, -0.2) is 0 Å². The first-order valence-corrected chi connectivity index (χ1v) is 19.1. The number of hydrogen-bond donors (Lipinski definition) is 6. The molecule has 0 saturated heterocycles. The molecule has 0 spiro atoms. The van der Waals surface area contributed by atoms with E-state index in [0.29, 0.717) is 24.5 Å². The van der Waals surface area contributed by atoms with Crippen molar-refractivity contribution in [3.63, 3.8) is 0 Å². The van der Waals surface area contributed by atoms with E-state index >= 15 is 0 Å². The van der Waals surface area contributed by atoms with Crippen LogP contribution in [0.2, 0.25) is 5.02 Å². The number of unbranched alkanes of at least 4 members (excludes halogenated alkanes) is 1. The van der Waals surface area contributed by atoms with Crippen LogP contribution in [0.3, 0.4) is 0 Å². The number of benzene rings is 2. The van der Waals surface area contributed by atoms with Crippen molar-refractivity contribution in [2.45, 2.75) is 86.1 Å². The Morgan fingerprint density at radius 1 is 0.981 bits per heavy atom. The summed E-state index contributed by atoms with van der Waals surface area (Å²) in [7, 11) is 0. The van der Waals surface area contributed by atoms with Crippen LogP contribution in [0.4, 0.5) is 0 Å². The minimum absolute atomic E-state index is 0.0785. The van der Waals surface area contributed by atoms with Gasteiger partial charge >= 0.3 is 0 Å². The zero-order chi connectivity index (χ0) is 37.1. The first kappa shape index (κ1) is 40.4. The van der Waals surface area contributed by atoms with Gasteiger partial charge in [0.2, 0.25) is 0 Å². The molecule has 0 bridgehead atoms. The van der Waals surface area contributed by atoms with Crippen molar-refractivity contribution >= 4 is 29.3 Å². The summed E-state index contributed by atoms with van der Waals surface area (Å²) in [6.07, 6.45) is 1.50. The van der Waals surface area contributed by atoms with Crippen molar-refractivity contribution in [3.8, 4) is 16.9 Å². The van der Waals surface area contributed by atoms with E-state index in [-0.39, 0.29) is 39.0 Å². The lowest BCUT2D eigenvalue weighted by Crippen LogP contribution is -2.53. The number of thioether (sulfide) groups is 1. The molecule has 284 valence electrons. The maximum Gasteiger partial charge on any atom is 0.254 e. The quantitative estimate of drug-likeness (QED) is 0.0614. The van der Waals surface area contributed by atoms with Gasteiger partial charge in [-0.3, -0.25) is 9.78 Å². The van der Waals surface area contributed by atoms with E-state index in [0.717, 1.165) is 64.3 Å². The number of rotatable bonds is 23. The van der Waals surface area contributed by atoms with Gasteiger partial charge in [-0.1, -0.05) is 29.8 Å². The third-order valence-electron chi connectivity index (χ3n) is 9.18. The highest BCUT2D eigenvalue weighted by Gasteiger charge is 2.48. The lowest BCUT2D eigenvalue weighted by Gasteiger charge is -2.30. The summed E-state index contributed by atoms with van der Waals surface area (Å²) in [6.45, 7) is -0.223. The summed E-state index contributed by atoms with van der Waals surface area (Å²) in [6, 6.07) is 16.0. The third kappa shape index (κ3) is 10.9. The molecule has 12 nitrogen and oxygen atoms in total. The molecule has 1 amide bonds. The van der Waals surface area contributed by atoms with Crippen LogP contribution in [0.1, 0.15) is 49.7 Å². The maximum atomic E-state index is 13.0. The van der Waals surface area contributed by atoms with Crippen molar-refractivity contribution in [1.29, 1.82) is 0 Å². The lowest BCUT2D eigenvalue weighted by atomic mass is 9.96. The average molecular weight is 761 g/mol. The highest BCUT2D eigenvalue weighted by atomic mass is 35.5. The summed E-state index contributed by atoms with van der Waals surface area (Å²) < 4.78 is 18.2. The standard InChI is InChI=1S/C38H49ClN2O10S/c39-31-10-9-27(52-20-4-3-15-41(16-18-49-19-17-42)37(48)36(47)35(46)34(45)32(44)23-43)21-25(31)24-50-38(12-13-38)30-22-40-14-11-28(30)29-5-1-2-6-33(29)51-26-7-8-26/h1-2,5-6,9-11,14,21-22,26,32,34-36,42-47H,3-4,7-8,12-13,15-20,23-24H2. The van der Waals surface area contributed by atoms with Crippen LogP contribution in [0.15, 0.2) is 65.8 Å². The fourth-order valence-electron chi connectivity index (χ4n) is 5.85. The first-order chi connectivity index (χ1) is 25.2. The molecule has 6 N–H and O–H groups in total. The predicted molar refractivity (Wildman–Crippen MR) is 196 cm³/mol. The molecule has 1 heterocycles. The van der Waals surface area contributed by atoms with Gasteiger partial charge in [0.1, 0.15) is 24.1 Å². The molecular formula is C38H49ClN2O10S. The molecule has 4 atom stereocenters. The van der Waals surface area contributed by atoms with Crippen LogP contribution in [-0.4, -0.2) is 122 Å². The van der Waals surface area contributed by atoms with Crippen molar-refractivity contribution in [2.75, 3.05) is 45.3 Å². The van der Waals surface area contributed by atoms with Gasteiger partial charge in [-0.15, -0.1) is 11.8 Å². The topological polar surface area (TPSA) is 182 Å². The lowest BCUT2D eigenvalue weighted by molar-refractivity contribution is -0.159. The number of aliphatic hydroxyl groups excluding tert-OH is 6. The summed E-state index contributed by atoms with van der Waals surface area (Å²) in [4.78, 5) is 19.8. The third-order valence-corrected chi connectivity index (χ3v) is 10.6. The number of ether oxygens (including phenoxy) is 3. The molecule has 0 radical (unpaired) electrons. The molecule has 2 fully saturated rings. The number of nitrogens with zero attached hydrogens (tertiary/aromatic N) is 2. The zero-order valence-electron chi connectivity index (χ0n) is 29.1.